The van der Waals surface area contributed by atoms with Crippen LogP contribution in [0.25, 0.3) is 0 Å². The fraction of sp³-hybridized carbons (Fsp3) is 0.526. The number of rotatable bonds is 2. The summed E-state index contributed by atoms with van der Waals surface area (Å²) in [6, 6.07) is 5.27. The van der Waals surface area contributed by atoms with Crippen LogP contribution in [0, 0.1) is 11.3 Å². The monoisotopic (exact) mass is 359 g/mol. The van der Waals surface area contributed by atoms with Gasteiger partial charge in [-0.15, -0.1) is 0 Å². The van der Waals surface area contributed by atoms with E-state index in [2.05, 4.69) is 10.6 Å². The lowest BCUT2D eigenvalue weighted by atomic mass is 9.63. The first-order valence-corrected chi connectivity index (χ1v) is 9.10. The van der Waals surface area contributed by atoms with E-state index >= 15 is 0 Å². The first kappa shape index (κ1) is 17.0. The lowest BCUT2D eigenvalue weighted by Crippen LogP contribution is -2.42. The highest BCUT2D eigenvalue weighted by atomic mass is 19.1. The second-order valence-electron chi connectivity index (χ2n) is 7.65. The highest BCUT2D eigenvalue weighted by Crippen LogP contribution is 2.52. The average Bonchev–Trinajstić information content (AvgIpc) is 2.75. The lowest BCUT2D eigenvalue weighted by molar-refractivity contribution is -0.142. The Morgan fingerprint density at radius 1 is 1.35 bits per heavy atom. The number of amides is 3. The smallest absolute Gasteiger partial charge is 0.313 e. The van der Waals surface area contributed by atoms with Gasteiger partial charge in [-0.25, -0.2) is 0 Å². The highest BCUT2D eigenvalue weighted by Gasteiger charge is 2.54. The van der Waals surface area contributed by atoms with Crippen molar-refractivity contribution < 1.29 is 18.8 Å². The van der Waals surface area contributed by atoms with Crippen LogP contribution in [0.3, 0.4) is 0 Å². The molecule has 26 heavy (non-hydrogen) atoms. The van der Waals surface area contributed by atoms with Crippen molar-refractivity contribution >= 4 is 29.1 Å². The maximum atomic E-state index is 13.3. The number of nitrogens with zero attached hydrogens (tertiary/aromatic N) is 1. The number of carbonyl (C=O) groups is 3. The third-order valence-electron chi connectivity index (χ3n) is 6.04. The van der Waals surface area contributed by atoms with E-state index in [1.165, 1.54) is 4.90 Å². The van der Waals surface area contributed by atoms with Gasteiger partial charge in [-0.2, -0.15) is 0 Å². The van der Waals surface area contributed by atoms with Gasteiger partial charge in [-0.05, 0) is 49.3 Å². The van der Waals surface area contributed by atoms with Crippen LogP contribution in [0.1, 0.15) is 31.2 Å². The molecule has 0 radical (unpaired) electrons. The van der Waals surface area contributed by atoms with Gasteiger partial charge in [0.1, 0.15) is 0 Å². The molecule has 2 atom stereocenters. The number of carbonyl (C=O) groups excluding carboxylic acids is 3. The number of alkyl halides is 1. The molecule has 3 aliphatic rings. The molecule has 0 unspecified atom stereocenters. The van der Waals surface area contributed by atoms with Crippen molar-refractivity contribution in [2.75, 3.05) is 30.4 Å². The topological polar surface area (TPSA) is 78.5 Å². The predicted molar refractivity (Wildman–Crippen MR) is 94.4 cm³/mol. The summed E-state index contributed by atoms with van der Waals surface area (Å²) in [6.07, 6.45) is 3.75. The van der Waals surface area contributed by atoms with E-state index in [0.29, 0.717) is 30.9 Å². The van der Waals surface area contributed by atoms with Gasteiger partial charge in [0.15, 0.2) is 0 Å². The van der Waals surface area contributed by atoms with E-state index in [1.807, 2.05) is 6.07 Å². The number of fused-ring (bicyclic) bond motifs is 2. The van der Waals surface area contributed by atoms with Gasteiger partial charge >= 0.3 is 11.8 Å². The van der Waals surface area contributed by atoms with E-state index in [-0.39, 0.29) is 11.8 Å². The van der Waals surface area contributed by atoms with Crippen LogP contribution in [0.4, 0.5) is 15.8 Å². The maximum absolute atomic E-state index is 13.3. The van der Waals surface area contributed by atoms with Gasteiger partial charge in [0.25, 0.3) is 0 Å². The van der Waals surface area contributed by atoms with Crippen molar-refractivity contribution in [3.8, 4) is 0 Å². The Morgan fingerprint density at radius 2 is 2.19 bits per heavy atom. The molecule has 2 heterocycles. The number of likely N-dealkylation sites (tertiary alicyclic amines) is 1. The fourth-order valence-corrected chi connectivity index (χ4v) is 4.30. The molecule has 1 saturated heterocycles. The standard InChI is InChI=1S/C19H22FN3O3/c20-10-19-7-6-13(19)9-23(11-19)18(26)17(25)21-14-5-4-12-2-1-3-16(24)22-15(12)8-14/h4-5,8,13H,1-3,6-7,9-11H2,(H,21,25)(H,22,24)/t13-,19-/m0/s1. The van der Waals surface area contributed by atoms with Crippen LogP contribution in [-0.4, -0.2) is 42.4 Å². The predicted octanol–water partition coefficient (Wildman–Crippen LogP) is 2.11. The summed E-state index contributed by atoms with van der Waals surface area (Å²) in [5.74, 6) is -1.22. The van der Waals surface area contributed by atoms with Gasteiger partial charge in [0.2, 0.25) is 5.91 Å². The van der Waals surface area contributed by atoms with Crippen molar-refractivity contribution in [3.05, 3.63) is 23.8 Å². The first-order valence-electron chi connectivity index (χ1n) is 9.10. The van der Waals surface area contributed by atoms with E-state index < -0.39 is 23.9 Å². The third kappa shape index (κ3) is 2.85. The van der Waals surface area contributed by atoms with Crippen LogP contribution in [0.15, 0.2) is 18.2 Å². The third-order valence-corrected chi connectivity index (χ3v) is 6.04. The number of hydrogen-bond acceptors (Lipinski definition) is 3. The van der Waals surface area contributed by atoms with Crippen molar-refractivity contribution in [2.45, 2.75) is 32.1 Å². The van der Waals surface area contributed by atoms with Gasteiger partial charge in [-0.3, -0.25) is 18.8 Å². The van der Waals surface area contributed by atoms with Crippen molar-refractivity contribution in [3.63, 3.8) is 0 Å². The molecule has 1 aromatic carbocycles. The molecule has 7 heteroatoms. The number of halogens is 1. The van der Waals surface area contributed by atoms with Gasteiger partial charge in [-0.1, -0.05) is 6.07 Å². The molecule has 138 valence electrons. The molecule has 3 amide bonds. The zero-order valence-electron chi connectivity index (χ0n) is 14.5. The Balaban J connectivity index is 1.43. The van der Waals surface area contributed by atoms with Crippen LogP contribution in [0.5, 0.6) is 0 Å². The molecule has 1 aromatic rings. The molecule has 2 N–H and O–H groups in total. The summed E-state index contributed by atoms with van der Waals surface area (Å²) in [6.45, 7) is 0.338. The molecule has 0 spiro atoms. The Hall–Kier alpha value is -2.44. The van der Waals surface area contributed by atoms with Crippen LogP contribution in [-0.2, 0) is 20.8 Å². The minimum Gasteiger partial charge on any atom is -0.333 e. The second-order valence-corrected chi connectivity index (χ2v) is 7.65. The van der Waals surface area contributed by atoms with Crippen molar-refractivity contribution in [1.82, 2.24) is 4.90 Å². The molecule has 2 fully saturated rings. The summed E-state index contributed by atoms with van der Waals surface area (Å²) >= 11 is 0. The normalized spacial score (nSPS) is 26.9. The minimum atomic E-state index is -0.722. The van der Waals surface area contributed by atoms with Gasteiger partial charge in [0, 0.05) is 36.3 Å². The first-order chi connectivity index (χ1) is 12.5. The minimum absolute atomic E-state index is 0.0487. The van der Waals surface area contributed by atoms with Gasteiger partial charge < -0.3 is 15.5 Å². The maximum Gasteiger partial charge on any atom is 0.313 e. The van der Waals surface area contributed by atoms with Crippen LogP contribution >= 0.6 is 0 Å². The number of benzene rings is 1. The van der Waals surface area contributed by atoms with Crippen molar-refractivity contribution in [1.29, 1.82) is 0 Å². The van der Waals surface area contributed by atoms with Crippen LogP contribution < -0.4 is 10.6 Å². The SMILES string of the molecule is O=C1CCCc2ccc(NC(=O)C(=O)N3C[C@@H]4CC[C@]4(CF)C3)cc2N1. The molecule has 0 bridgehead atoms. The summed E-state index contributed by atoms with van der Waals surface area (Å²) < 4.78 is 13.3. The fourth-order valence-electron chi connectivity index (χ4n) is 4.30. The average molecular weight is 359 g/mol. The highest BCUT2D eigenvalue weighted by molar-refractivity contribution is 6.39. The Labute approximate surface area is 151 Å². The van der Waals surface area contributed by atoms with E-state index in [9.17, 15) is 18.8 Å². The molecular weight excluding hydrogens is 337 g/mol. The molecule has 4 rings (SSSR count). The van der Waals surface area contributed by atoms with E-state index in [0.717, 1.165) is 31.2 Å². The van der Waals surface area contributed by atoms with E-state index in [1.54, 1.807) is 12.1 Å². The molecule has 6 nitrogen and oxygen atoms in total. The molecule has 2 aliphatic heterocycles. The number of anilines is 2. The zero-order chi connectivity index (χ0) is 18.3. The van der Waals surface area contributed by atoms with Crippen LogP contribution in [0.2, 0.25) is 0 Å². The Morgan fingerprint density at radius 3 is 2.88 bits per heavy atom. The summed E-state index contributed by atoms with van der Waals surface area (Å²) in [5.41, 5.74) is 1.73. The molecule has 0 aromatic heterocycles. The number of aryl methyl sites for hydroxylation is 1. The van der Waals surface area contributed by atoms with Crippen molar-refractivity contribution in [2.24, 2.45) is 11.3 Å². The lowest BCUT2D eigenvalue weighted by Gasteiger charge is -2.41. The zero-order valence-corrected chi connectivity index (χ0v) is 14.5. The Kier molecular flexibility index (Phi) is 4.17. The number of nitrogens with one attached hydrogen (secondary N) is 2. The summed E-state index contributed by atoms with van der Waals surface area (Å²) in [5, 5.41) is 5.43. The summed E-state index contributed by atoms with van der Waals surface area (Å²) in [7, 11) is 0. The largest absolute Gasteiger partial charge is 0.333 e. The second kappa shape index (κ2) is 6.37. The molecule has 1 saturated carbocycles. The number of hydrogen-bond donors (Lipinski definition) is 2. The Bertz CT molecular complexity index is 777. The quantitative estimate of drug-likeness (QED) is 0.794. The van der Waals surface area contributed by atoms with Gasteiger partial charge in [0.05, 0.1) is 6.67 Å². The van der Waals surface area contributed by atoms with E-state index in [4.69, 9.17) is 0 Å². The molecular formula is C19H22FN3O3. The summed E-state index contributed by atoms with van der Waals surface area (Å²) in [4.78, 5) is 38.0. The molecule has 1 aliphatic carbocycles.